The molecular weight excluding hydrogens is 206 g/mol. The van der Waals surface area contributed by atoms with E-state index in [4.69, 9.17) is 10.9 Å². The molecule has 0 aliphatic heterocycles. The summed E-state index contributed by atoms with van der Waals surface area (Å²) in [4.78, 5) is 0.732. The first-order valence-electron chi connectivity index (χ1n) is 4.49. The summed E-state index contributed by atoms with van der Waals surface area (Å²) >= 11 is 1.07. The minimum Gasteiger partial charge on any atom is -0.404 e. The van der Waals surface area contributed by atoms with Crippen molar-refractivity contribution in [1.29, 1.82) is 0 Å². The molecule has 0 atom stereocenters. The third-order valence-corrected chi connectivity index (χ3v) is 2.56. The summed E-state index contributed by atoms with van der Waals surface area (Å²) in [6.45, 7) is 5.90. The molecule has 1 aromatic rings. The quantitative estimate of drug-likeness (QED) is 0.539. The van der Waals surface area contributed by atoms with Crippen LogP contribution in [0.2, 0.25) is 0 Å². The standard InChI is InChI=1S/C11H15N3S/c1-8-3-5-10(6-4-8)14-9(2)11(7-12)15-13/h3-7,14H,2,12-13H2,1H3/b11-7-. The lowest BCUT2D eigenvalue weighted by Gasteiger charge is -2.10. The fourth-order valence-corrected chi connectivity index (χ4v) is 1.36. The number of benzene rings is 1. The molecule has 0 aromatic heterocycles. The van der Waals surface area contributed by atoms with Crippen molar-refractivity contribution in [1.82, 2.24) is 0 Å². The van der Waals surface area contributed by atoms with Gasteiger partial charge in [-0.05, 0) is 31.0 Å². The maximum Gasteiger partial charge on any atom is 0.0609 e. The highest BCUT2D eigenvalue weighted by atomic mass is 32.2. The van der Waals surface area contributed by atoms with E-state index in [2.05, 4.69) is 11.9 Å². The summed E-state index contributed by atoms with van der Waals surface area (Å²) in [7, 11) is 0. The van der Waals surface area contributed by atoms with Crippen LogP contribution in [0.5, 0.6) is 0 Å². The number of nitrogens with two attached hydrogens (primary N) is 2. The van der Waals surface area contributed by atoms with Crippen LogP contribution < -0.4 is 16.2 Å². The number of aryl methyl sites for hydroxylation is 1. The van der Waals surface area contributed by atoms with Crippen molar-refractivity contribution in [2.75, 3.05) is 5.32 Å². The van der Waals surface area contributed by atoms with Gasteiger partial charge in [-0.15, -0.1) is 0 Å². The van der Waals surface area contributed by atoms with Gasteiger partial charge < -0.3 is 11.1 Å². The van der Waals surface area contributed by atoms with E-state index in [-0.39, 0.29) is 0 Å². The molecule has 0 aliphatic carbocycles. The van der Waals surface area contributed by atoms with Crippen molar-refractivity contribution in [3.8, 4) is 0 Å². The molecule has 0 fully saturated rings. The van der Waals surface area contributed by atoms with Gasteiger partial charge in [-0.1, -0.05) is 24.3 Å². The number of hydrogen-bond donors (Lipinski definition) is 3. The largest absolute Gasteiger partial charge is 0.404 e. The van der Waals surface area contributed by atoms with Gasteiger partial charge >= 0.3 is 0 Å². The summed E-state index contributed by atoms with van der Waals surface area (Å²) in [5, 5.41) is 8.56. The van der Waals surface area contributed by atoms with Gasteiger partial charge in [0.05, 0.1) is 4.91 Å². The van der Waals surface area contributed by atoms with Gasteiger partial charge in [0.25, 0.3) is 0 Å². The van der Waals surface area contributed by atoms with Crippen LogP contribution in [0.25, 0.3) is 0 Å². The average Bonchev–Trinajstić information content (AvgIpc) is 2.23. The van der Waals surface area contributed by atoms with E-state index in [1.54, 1.807) is 0 Å². The summed E-state index contributed by atoms with van der Waals surface area (Å²) < 4.78 is 0. The van der Waals surface area contributed by atoms with Gasteiger partial charge in [-0.3, -0.25) is 5.14 Å². The maximum atomic E-state index is 5.43. The van der Waals surface area contributed by atoms with Gasteiger partial charge in [0.15, 0.2) is 0 Å². The van der Waals surface area contributed by atoms with Crippen LogP contribution in [0.4, 0.5) is 5.69 Å². The van der Waals surface area contributed by atoms with Crippen LogP contribution in [0.1, 0.15) is 5.56 Å². The Labute approximate surface area is 94.4 Å². The lowest BCUT2D eigenvalue weighted by molar-refractivity contribution is 1.41. The molecule has 0 spiro atoms. The Balaban J connectivity index is 2.70. The van der Waals surface area contributed by atoms with E-state index in [1.165, 1.54) is 11.8 Å². The van der Waals surface area contributed by atoms with Crippen LogP contribution in [-0.2, 0) is 0 Å². The highest BCUT2D eigenvalue weighted by Gasteiger charge is 2.01. The SMILES string of the molecule is C=C(Nc1ccc(C)cc1)/C(=C/N)SN. The Bertz CT molecular complexity index is 368. The zero-order chi connectivity index (χ0) is 11.3. The molecule has 0 saturated heterocycles. The zero-order valence-corrected chi connectivity index (χ0v) is 9.47. The second-order valence-corrected chi connectivity index (χ2v) is 3.79. The van der Waals surface area contributed by atoms with Crippen LogP contribution in [-0.4, -0.2) is 0 Å². The summed E-state index contributed by atoms with van der Waals surface area (Å²) in [5.41, 5.74) is 8.29. The number of nitrogens with one attached hydrogen (secondary N) is 1. The summed E-state index contributed by atoms with van der Waals surface area (Å²) in [5.74, 6) is 0. The molecule has 0 saturated carbocycles. The molecule has 80 valence electrons. The van der Waals surface area contributed by atoms with Crippen LogP contribution in [0, 0.1) is 6.92 Å². The predicted octanol–water partition coefficient (Wildman–Crippen LogP) is 2.33. The molecule has 0 bridgehead atoms. The van der Waals surface area contributed by atoms with Gasteiger partial charge in [0.2, 0.25) is 0 Å². The summed E-state index contributed by atoms with van der Waals surface area (Å²) in [6.07, 6.45) is 1.44. The fraction of sp³-hybridized carbons (Fsp3) is 0.0909. The van der Waals surface area contributed by atoms with Crippen molar-refractivity contribution < 1.29 is 0 Å². The Morgan fingerprint density at radius 1 is 1.40 bits per heavy atom. The minimum absolute atomic E-state index is 0.703. The minimum atomic E-state index is 0.703. The first kappa shape index (κ1) is 11.7. The Morgan fingerprint density at radius 2 is 2.00 bits per heavy atom. The normalized spacial score (nSPS) is 11.2. The smallest absolute Gasteiger partial charge is 0.0609 e. The molecule has 15 heavy (non-hydrogen) atoms. The average molecular weight is 221 g/mol. The molecule has 0 unspecified atom stereocenters. The lowest BCUT2D eigenvalue weighted by Crippen LogP contribution is -2.02. The summed E-state index contributed by atoms with van der Waals surface area (Å²) in [6, 6.07) is 8.01. The molecule has 0 heterocycles. The Morgan fingerprint density at radius 3 is 2.47 bits per heavy atom. The van der Waals surface area contributed by atoms with Crippen molar-refractivity contribution >= 4 is 17.6 Å². The lowest BCUT2D eigenvalue weighted by atomic mass is 10.2. The van der Waals surface area contributed by atoms with Crippen molar-refractivity contribution in [2.24, 2.45) is 10.9 Å². The molecule has 3 nitrogen and oxygen atoms in total. The van der Waals surface area contributed by atoms with E-state index in [1.807, 2.05) is 31.2 Å². The van der Waals surface area contributed by atoms with E-state index < -0.39 is 0 Å². The van der Waals surface area contributed by atoms with Crippen LogP contribution in [0.3, 0.4) is 0 Å². The second kappa shape index (κ2) is 5.48. The van der Waals surface area contributed by atoms with Crippen LogP contribution in [0.15, 0.2) is 47.6 Å². The predicted molar refractivity (Wildman–Crippen MR) is 68.0 cm³/mol. The second-order valence-electron chi connectivity index (χ2n) is 3.12. The zero-order valence-electron chi connectivity index (χ0n) is 8.66. The van der Waals surface area contributed by atoms with Crippen molar-refractivity contribution in [2.45, 2.75) is 6.92 Å². The maximum absolute atomic E-state index is 5.43. The highest BCUT2D eigenvalue weighted by molar-refractivity contribution is 8.01. The molecule has 0 radical (unpaired) electrons. The molecule has 1 rings (SSSR count). The number of hydrogen-bond acceptors (Lipinski definition) is 4. The fourth-order valence-electron chi connectivity index (χ4n) is 1.08. The van der Waals surface area contributed by atoms with E-state index in [0.29, 0.717) is 5.70 Å². The van der Waals surface area contributed by atoms with Crippen molar-refractivity contribution in [3.05, 3.63) is 53.2 Å². The number of anilines is 1. The molecule has 1 aromatic carbocycles. The van der Waals surface area contributed by atoms with Gasteiger partial charge in [0.1, 0.15) is 0 Å². The van der Waals surface area contributed by atoms with Crippen molar-refractivity contribution in [3.63, 3.8) is 0 Å². The van der Waals surface area contributed by atoms with E-state index >= 15 is 0 Å². The van der Waals surface area contributed by atoms with Gasteiger partial charge in [-0.25, -0.2) is 0 Å². The molecule has 5 N–H and O–H groups in total. The first-order chi connectivity index (χ1) is 7.17. The van der Waals surface area contributed by atoms with Gasteiger partial charge in [0, 0.05) is 17.6 Å². The molecule has 4 heteroatoms. The Hall–Kier alpha value is -1.39. The topological polar surface area (TPSA) is 64.1 Å². The van der Waals surface area contributed by atoms with E-state index in [0.717, 1.165) is 22.5 Å². The van der Waals surface area contributed by atoms with E-state index in [9.17, 15) is 0 Å². The van der Waals surface area contributed by atoms with Crippen LogP contribution >= 0.6 is 11.9 Å². The van der Waals surface area contributed by atoms with Gasteiger partial charge in [-0.2, -0.15) is 0 Å². The Kier molecular flexibility index (Phi) is 4.27. The monoisotopic (exact) mass is 221 g/mol. The molecule has 0 aliphatic rings. The molecule has 0 amide bonds. The number of rotatable bonds is 4. The third-order valence-electron chi connectivity index (χ3n) is 1.92. The first-order valence-corrected chi connectivity index (χ1v) is 5.37. The molecular formula is C11H15N3S. The highest BCUT2D eigenvalue weighted by Crippen LogP contribution is 2.19. The third kappa shape index (κ3) is 3.34.